The van der Waals surface area contributed by atoms with Crippen LogP contribution in [0.5, 0.6) is 11.5 Å². The molecule has 0 spiro atoms. The highest BCUT2D eigenvalue weighted by molar-refractivity contribution is 14.1. The summed E-state index contributed by atoms with van der Waals surface area (Å²) in [6.45, 7) is 0. The first-order valence-electron chi connectivity index (χ1n) is 13.2. The van der Waals surface area contributed by atoms with Gasteiger partial charge in [0.05, 0.1) is 14.2 Å². The largest absolute Gasteiger partial charge is 0.496 e. The van der Waals surface area contributed by atoms with Crippen LogP contribution in [-0.4, -0.2) is 25.8 Å². The van der Waals surface area contributed by atoms with Crippen LogP contribution in [0.25, 0.3) is 32.7 Å². The van der Waals surface area contributed by atoms with Crippen molar-refractivity contribution in [1.82, 2.24) is 0 Å². The Labute approximate surface area is 270 Å². The fourth-order valence-corrected chi connectivity index (χ4v) is 6.62. The van der Waals surface area contributed by atoms with Gasteiger partial charge in [0.25, 0.3) is 0 Å². The Morgan fingerprint density at radius 1 is 0.524 bits per heavy atom. The SMILES string of the molecule is COc1ccc2cc(C(=O)c3ccccc3I)ccc2c1-c1c(OC)ccc2cc(C(=O)c3ccccc3I)ccc12. The molecule has 0 aromatic heterocycles. The molecule has 0 unspecified atom stereocenters. The van der Waals surface area contributed by atoms with Gasteiger partial charge in [-0.3, -0.25) is 9.59 Å². The molecule has 0 fully saturated rings. The molecule has 0 aliphatic carbocycles. The minimum absolute atomic E-state index is 0.0210. The van der Waals surface area contributed by atoms with E-state index in [1.165, 1.54) is 0 Å². The first-order chi connectivity index (χ1) is 20.4. The number of methoxy groups -OCH3 is 2. The average Bonchev–Trinajstić information content (AvgIpc) is 3.03. The van der Waals surface area contributed by atoms with Crippen LogP contribution in [0.3, 0.4) is 0 Å². The van der Waals surface area contributed by atoms with Crippen molar-refractivity contribution >= 4 is 78.3 Å². The van der Waals surface area contributed by atoms with Crippen LogP contribution in [0.4, 0.5) is 0 Å². The quantitative estimate of drug-likeness (QED) is 0.120. The minimum atomic E-state index is -0.0210. The van der Waals surface area contributed by atoms with Gasteiger partial charge in [-0.15, -0.1) is 0 Å². The summed E-state index contributed by atoms with van der Waals surface area (Å²) < 4.78 is 13.6. The van der Waals surface area contributed by atoms with E-state index in [0.29, 0.717) is 33.8 Å². The predicted octanol–water partition coefficient (Wildman–Crippen LogP) is 9.35. The Bertz CT molecular complexity index is 1880. The molecule has 6 rings (SSSR count). The van der Waals surface area contributed by atoms with Gasteiger partial charge < -0.3 is 9.47 Å². The molecule has 6 aromatic carbocycles. The Hall–Kier alpha value is -3.76. The van der Waals surface area contributed by atoms with Crippen LogP contribution in [-0.2, 0) is 0 Å². The highest BCUT2D eigenvalue weighted by atomic mass is 127. The maximum atomic E-state index is 13.4. The topological polar surface area (TPSA) is 52.6 Å². The van der Waals surface area contributed by atoms with E-state index in [-0.39, 0.29) is 11.6 Å². The number of fused-ring (bicyclic) bond motifs is 2. The molecule has 0 aliphatic heterocycles. The van der Waals surface area contributed by atoms with Gasteiger partial charge in [-0.1, -0.05) is 60.7 Å². The average molecular weight is 774 g/mol. The van der Waals surface area contributed by atoms with Gasteiger partial charge in [0.2, 0.25) is 0 Å². The Morgan fingerprint density at radius 3 is 1.31 bits per heavy atom. The van der Waals surface area contributed by atoms with Crippen molar-refractivity contribution < 1.29 is 19.1 Å². The molecular weight excluding hydrogens is 750 g/mol. The molecule has 206 valence electrons. The number of ketones is 2. The van der Waals surface area contributed by atoms with E-state index >= 15 is 0 Å². The second-order valence-corrected chi connectivity index (χ2v) is 12.1. The fourth-order valence-electron chi connectivity index (χ4n) is 5.36. The molecule has 6 aromatic rings. The summed E-state index contributed by atoms with van der Waals surface area (Å²) >= 11 is 4.39. The van der Waals surface area contributed by atoms with Crippen LogP contribution in [0.1, 0.15) is 31.8 Å². The third-order valence-corrected chi connectivity index (χ3v) is 9.30. The number of hydrogen-bond donors (Lipinski definition) is 0. The van der Waals surface area contributed by atoms with Crippen LogP contribution in [0.2, 0.25) is 0 Å². The summed E-state index contributed by atoms with van der Waals surface area (Å²) in [5, 5.41) is 3.68. The zero-order valence-corrected chi connectivity index (χ0v) is 27.1. The van der Waals surface area contributed by atoms with E-state index < -0.39 is 0 Å². The zero-order chi connectivity index (χ0) is 29.4. The molecule has 0 saturated heterocycles. The Kier molecular flexibility index (Phi) is 8.00. The van der Waals surface area contributed by atoms with Crippen LogP contribution in [0.15, 0.2) is 109 Å². The summed E-state index contributed by atoms with van der Waals surface area (Å²) in [5.74, 6) is 1.33. The number of benzene rings is 6. The molecule has 0 saturated carbocycles. The van der Waals surface area contributed by atoms with Gasteiger partial charge in [0, 0.05) is 40.5 Å². The van der Waals surface area contributed by atoms with Gasteiger partial charge in [-0.2, -0.15) is 0 Å². The fraction of sp³-hybridized carbons (Fsp3) is 0.0556. The molecular formula is C36H24I2O4. The lowest BCUT2D eigenvalue weighted by Gasteiger charge is -2.18. The van der Waals surface area contributed by atoms with Crippen molar-refractivity contribution in [1.29, 1.82) is 0 Å². The molecule has 0 atom stereocenters. The standard InChI is InChI=1S/C36H24I2O4/c1-41-31-17-13-21-19-23(35(39)27-7-3-5-9-29(27)37)11-15-25(21)33(31)34-26-16-12-24(20-22(26)14-18-32(34)42-2)36(40)28-8-4-6-10-30(28)38/h3-20H,1-2H3. The number of halogens is 2. The first-order valence-corrected chi connectivity index (χ1v) is 15.4. The van der Waals surface area contributed by atoms with Gasteiger partial charge in [0.1, 0.15) is 11.5 Å². The number of rotatable bonds is 7. The number of ether oxygens (including phenoxy) is 2. The lowest BCUT2D eigenvalue weighted by atomic mass is 9.90. The summed E-state index contributed by atoms with van der Waals surface area (Å²) in [7, 11) is 3.30. The normalized spacial score (nSPS) is 11.0. The maximum absolute atomic E-state index is 13.4. The van der Waals surface area contributed by atoms with Gasteiger partial charge in [0.15, 0.2) is 11.6 Å². The molecule has 0 amide bonds. The van der Waals surface area contributed by atoms with E-state index in [1.807, 2.05) is 109 Å². The van der Waals surface area contributed by atoms with Crippen LogP contribution in [0, 0.1) is 7.14 Å². The lowest BCUT2D eigenvalue weighted by Crippen LogP contribution is -2.04. The second-order valence-electron chi connectivity index (χ2n) is 9.78. The third-order valence-electron chi connectivity index (χ3n) is 7.41. The van der Waals surface area contributed by atoms with E-state index in [9.17, 15) is 9.59 Å². The Morgan fingerprint density at radius 2 is 0.929 bits per heavy atom. The molecule has 0 bridgehead atoms. The van der Waals surface area contributed by atoms with Crippen molar-refractivity contribution in [2.75, 3.05) is 14.2 Å². The molecule has 6 heteroatoms. The van der Waals surface area contributed by atoms with E-state index in [0.717, 1.165) is 39.8 Å². The van der Waals surface area contributed by atoms with Crippen molar-refractivity contribution in [2.24, 2.45) is 0 Å². The van der Waals surface area contributed by atoms with Gasteiger partial charge in [-0.25, -0.2) is 0 Å². The highest BCUT2D eigenvalue weighted by Gasteiger charge is 2.21. The third kappa shape index (κ3) is 5.07. The predicted molar refractivity (Wildman–Crippen MR) is 185 cm³/mol. The molecule has 0 radical (unpaired) electrons. The lowest BCUT2D eigenvalue weighted by molar-refractivity contribution is 0.103. The zero-order valence-electron chi connectivity index (χ0n) is 22.8. The molecule has 0 aliphatic rings. The van der Waals surface area contributed by atoms with E-state index in [4.69, 9.17) is 9.47 Å². The molecule has 0 N–H and O–H groups in total. The highest BCUT2D eigenvalue weighted by Crippen LogP contribution is 2.45. The number of carbonyl (C=O) groups excluding carboxylic acids is 2. The molecule has 42 heavy (non-hydrogen) atoms. The summed E-state index contributed by atoms with van der Waals surface area (Å²) in [4.78, 5) is 26.8. The number of carbonyl (C=O) groups is 2. The molecule has 4 nitrogen and oxygen atoms in total. The minimum Gasteiger partial charge on any atom is -0.496 e. The smallest absolute Gasteiger partial charge is 0.194 e. The van der Waals surface area contributed by atoms with Crippen molar-refractivity contribution in [3.05, 3.63) is 139 Å². The van der Waals surface area contributed by atoms with Crippen molar-refractivity contribution in [3.8, 4) is 22.6 Å². The van der Waals surface area contributed by atoms with E-state index in [2.05, 4.69) is 45.2 Å². The van der Waals surface area contributed by atoms with Crippen molar-refractivity contribution in [3.63, 3.8) is 0 Å². The monoisotopic (exact) mass is 774 g/mol. The summed E-state index contributed by atoms with van der Waals surface area (Å²) in [6, 6.07) is 34.5. The van der Waals surface area contributed by atoms with Crippen LogP contribution >= 0.6 is 45.2 Å². The summed E-state index contributed by atoms with van der Waals surface area (Å²) in [5.41, 5.74) is 4.32. The molecule has 0 heterocycles. The van der Waals surface area contributed by atoms with Gasteiger partial charge >= 0.3 is 0 Å². The van der Waals surface area contributed by atoms with E-state index in [1.54, 1.807) is 14.2 Å². The van der Waals surface area contributed by atoms with Gasteiger partial charge in [-0.05, 0) is 115 Å². The Balaban J connectivity index is 1.53. The summed E-state index contributed by atoms with van der Waals surface area (Å²) in [6.07, 6.45) is 0. The number of hydrogen-bond acceptors (Lipinski definition) is 4. The van der Waals surface area contributed by atoms with Crippen LogP contribution < -0.4 is 9.47 Å². The second kappa shape index (κ2) is 11.9. The first kappa shape index (κ1) is 28.4. The van der Waals surface area contributed by atoms with Crippen molar-refractivity contribution in [2.45, 2.75) is 0 Å². The maximum Gasteiger partial charge on any atom is 0.194 e.